The van der Waals surface area contributed by atoms with Gasteiger partial charge in [-0.05, 0) is 0 Å². The number of methoxy groups -OCH3 is 1. The highest BCUT2D eigenvalue weighted by molar-refractivity contribution is 9.09. The predicted octanol–water partition coefficient (Wildman–Crippen LogP) is 0.978. The topological polar surface area (TPSA) is 44.8 Å². The van der Waals surface area contributed by atoms with E-state index < -0.39 is 0 Å². The van der Waals surface area contributed by atoms with Gasteiger partial charge in [-0.1, -0.05) is 15.9 Å². The molecule has 0 saturated heterocycles. The predicted molar refractivity (Wildman–Crippen MR) is 52.1 cm³/mol. The Labute approximate surface area is 86.7 Å². The highest BCUT2D eigenvalue weighted by Crippen LogP contribution is 1.87. The van der Waals surface area contributed by atoms with Crippen LogP contribution in [0, 0.1) is 0 Å². The van der Waals surface area contributed by atoms with Crippen molar-refractivity contribution >= 4 is 21.9 Å². The van der Waals surface area contributed by atoms with E-state index in [1.54, 1.807) is 0 Å². The van der Waals surface area contributed by atoms with E-state index in [4.69, 9.17) is 9.47 Å². The summed E-state index contributed by atoms with van der Waals surface area (Å²) in [5.74, 6) is -0.249. The van der Waals surface area contributed by atoms with Crippen molar-refractivity contribution in [2.45, 2.75) is 6.42 Å². The number of carbonyl (C=O) groups excluding carboxylic acids is 1. The Morgan fingerprint density at radius 3 is 2.31 bits per heavy atom. The second-order valence-electron chi connectivity index (χ2n) is 2.24. The largest absolute Gasteiger partial charge is 0.469 e. The molecule has 0 rings (SSSR count). The number of halogens is 1. The van der Waals surface area contributed by atoms with E-state index in [1.165, 1.54) is 7.11 Å². The first-order chi connectivity index (χ1) is 6.31. The summed E-state index contributed by atoms with van der Waals surface area (Å²) in [7, 11) is 1.36. The van der Waals surface area contributed by atoms with Crippen LogP contribution in [-0.2, 0) is 19.0 Å². The van der Waals surface area contributed by atoms with Crippen LogP contribution in [-0.4, -0.2) is 44.8 Å². The standard InChI is InChI=1S/C8H15BrO4/c1-11-8(10)2-4-12-6-7-13-5-3-9/h2-7H2,1H3. The molecule has 0 heterocycles. The number of hydrogen-bond donors (Lipinski definition) is 0. The van der Waals surface area contributed by atoms with Gasteiger partial charge in [-0.25, -0.2) is 0 Å². The second-order valence-corrected chi connectivity index (χ2v) is 3.03. The third-order valence-electron chi connectivity index (χ3n) is 1.27. The highest BCUT2D eigenvalue weighted by Gasteiger charge is 1.98. The van der Waals surface area contributed by atoms with E-state index in [0.29, 0.717) is 32.8 Å². The summed E-state index contributed by atoms with van der Waals surface area (Å²) < 4.78 is 14.7. The molecule has 0 aromatic rings. The maximum Gasteiger partial charge on any atom is 0.307 e. The number of alkyl halides is 1. The minimum atomic E-state index is -0.249. The summed E-state index contributed by atoms with van der Waals surface area (Å²) in [5.41, 5.74) is 0. The first kappa shape index (κ1) is 12.9. The first-order valence-corrected chi connectivity index (χ1v) is 5.21. The summed E-state index contributed by atoms with van der Waals surface area (Å²) in [4.78, 5) is 10.6. The average molecular weight is 255 g/mol. The molecule has 0 fully saturated rings. The molecule has 13 heavy (non-hydrogen) atoms. The van der Waals surface area contributed by atoms with E-state index in [9.17, 15) is 4.79 Å². The molecule has 0 aromatic heterocycles. The molecular weight excluding hydrogens is 240 g/mol. The van der Waals surface area contributed by atoms with E-state index in [-0.39, 0.29) is 5.97 Å². The third-order valence-corrected chi connectivity index (χ3v) is 1.60. The van der Waals surface area contributed by atoms with Crippen molar-refractivity contribution in [1.82, 2.24) is 0 Å². The van der Waals surface area contributed by atoms with Crippen LogP contribution < -0.4 is 0 Å². The lowest BCUT2D eigenvalue weighted by molar-refractivity contribution is -0.141. The fourth-order valence-electron chi connectivity index (χ4n) is 0.634. The molecule has 0 spiro atoms. The van der Waals surface area contributed by atoms with E-state index in [0.717, 1.165) is 5.33 Å². The smallest absolute Gasteiger partial charge is 0.307 e. The van der Waals surface area contributed by atoms with Gasteiger partial charge in [-0.2, -0.15) is 0 Å². The van der Waals surface area contributed by atoms with Crippen LogP contribution in [0.4, 0.5) is 0 Å². The molecule has 0 aliphatic heterocycles. The number of hydrogen-bond acceptors (Lipinski definition) is 4. The maximum atomic E-state index is 10.6. The molecule has 0 aliphatic carbocycles. The molecule has 0 radical (unpaired) electrons. The molecule has 0 saturated carbocycles. The Morgan fingerprint density at radius 1 is 1.15 bits per heavy atom. The molecule has 0 aromatic carbocycles. The average Bonchev–Trinajstić information content (AvgIpc) is 2.16. The Hall–Kier alpha value is -0.130. The van der Waals surface area contributed by atoms with Gasteiger partial charge in [0.2, 0.25) is 0 Å². The van der Waals surface area contributed by atoms with Crippen LogP contribution in [0.2, 0.25) is 0 Å². The Bertz CT molecular complexity index is 129. The quantitative estimate of drug-likeness (QED) is 0.368. The minimum Gasteiger partial charge on any atom is -0.469 e. The molecule has 0 bridgehead atoms. The van der Waals surface area contributed by atoms with Gasteiger partial charge < -0.3 is 14.2 Å². The van der Waals surface area contributed by atoms with Crippen LogP contribution in [0.5, 0.6) is 0 Å². The molecule has 4 nitrogen and oxygen atoms in total. The monoisotopic (exact) mass is 254 g/mol. The zero-order valence-electron chi connectivity index (χ0n) is 7.75. The molecule has 0 unspecified atom stereocenters. The minimum absolute atomic E-state index is 0.249. The molecule has 78 valence electrons. The van der Waals surface area contributed by atoms with Crippen molar-refractivity contribution < 1.29 is 19.0 Å². The first-order valence-electron chi connectivity index (χ1n) is 4.09. The van der Waals surface area contributed by atoms with Crippen molar-refractivity contribution in [2.24, 2.45) is 0 Å². The Balaban J connectivity index is 2.95. The van der Waals surface area contributed by atoms with Gasteiger partial charge in [0.1, 0.15) is 0 Å². The van der Waals surface area contributed by atoms with Crippen molar-refractivity contribution in [1.29, 1.82) is 0 Å². The summed E-state index contributed by atoms with van der Waals surface area (Å²) in [6, 6.07) is 0. The lowest BCUT2D eigenvalue weighted by Crippen LogP contribution is -2.10. The second kappa shape index (κ2) is 9.95. The fourth-order valence-corrected chi connectivity index (χ4v) is 0.863. The highest BCUT2D eigenvalue weighted by atomic mass is 79.9. The van der Waals surface area contributed by atoms with Gasteiger partial charge >= 0.3 is 5.97 Å². The molecular formula is C8H15BrO4. The van der Waals surface area contributed by atoms with Crippen molar-refractivity contribution in [3.05, 3.63) is 0 Å². The van der Waals surface area contributed by atoms with Crippen LogP contribution in [0.15, 0.2) is 0 Å². The summed E-state index contributed by atoms with van der Waals surface area (Å²) >= 11 is 3.23. The summed E-state index contributed by atoms with van der Waals surface area (Å²) in [6.07, 6.45) is 0.301. The number of esters is 1. The maximum absolute atomic E-state index is 10.6. The van der Waals surface area contributed by atoms with E-state index in [2.05, 4.69) is 20.7 Å². The lowest BCUT2D eigenvalue weighted by atomic mass is 10.5. The van der Waals surface area contributed by atoms with Gasteiger partial charge in [0, 0.05) is 5.33 Å². The van der Waals surface area contributed by atoms with Crippen LogP contribution in [0.1, 0.15) is 6.42 Å². The van der Waals surface area contributed by atoms with Gasteiger partial charge in [-0.15, -0.1) is 0 Å². The van der Waals surface area contributed by atoms with Crippen molar-refractivity contribution in [2.75, 3.05) is 38.9 Å². The Morgan fingerprint density at radius 2 is 1.77 bits per heavy atom. The van der Waals surface area contributed by atoms with Crippen molar-refractivity contribution in [3.63, 3.8) is 0 Å². The van der Waals surface area contributed by atoms with Gasteiger partial charge in [0.15, 0.2) is 0 Å². The van der Waals surface area contributed by atoms with Gasteiger partial charge in [0.05, 0.1) is 40.0 Å². The van der Waals surface area contributed by atoms with Crippen LogP contribution >= 0.6 is 15.9 Å². The summed E-state index contributed by atoms with van der Waals surface area (Å²) in [6.45, 7) is 2.15. The SMILES string of the molecule is COC(=O)CCOCCOCCBr. The van der Waals surface area contributed by atoms with E-state index >= 15 is 0 Å². The zero-order chi connectivity index (χ0) is 9.94. The van der Waals surface area contributed by atoms with Crippen LogP contribution in [0.25, 0.3) is 0 Å². The lowest BCUT2D eigenvalue weighted by Gasteiger charge is -2.03. The third kappa shape index (κ3) is 9.79. The normalized spacial score (nSPS) is 10.0. The number of carbonyl (C=O) groups is 1. The van der Waals surface area contributed by atoms with E-state index in [1.807, 2.05) is 0 Å². The Kier molecular flexibility index (Phi) is 9.85. The van der Waals surface area contributed by atoms with Crippen LogP contribution in [0.3, 0.4) is 0 Å². The molecule has 0 N–H and O–H groups in total. The molecule has 0 aliphatic rings. The zero-order valence-corrected chi connectivity index (χ0v) is 9.34. The number of ether oxygens (including phenoxy) is 3. The van der Waals surface area contributed by atoms with Gasteiger partial charge in [-0.3, -0.25) is 4.79 Å². The molecule has 0 atom stereocenters. The molecule has 0 amide bonds. The van der Waals surface area contributed by atoms with Gasteiger partial charge in [0.25, 0.3) is 0 Å². The molecule has 5 heteroatoms. The fraction of sp³-hybridized carbons (Fsp3) is 0.875. The van der Waals surface area contributed by atoms with Crippen molar-refractivity contribution in [3.8, 4) is 0 Å². The number of rotatable bonds is 8. The summed E-state index contributed by atoms with van der Waals surface area (Å²) in [5, 5.41) is 0.829.